The van der Waals surface area contributed by atoms with E-state index in [1.54, 1.807) is 35.2 Å². The number of carbonyl (C=O) groups excluding carboxylic acids is 3. The van der Waals surface area contributed by atoms with Crippen molar-refractivity contribution in [3.8, 4) is 11.1 Å². The lowest BCUT2D eigenvalue weighted by Gasteiger charge is -2.16. The van der Waals surface area contributed by atoms with Gasteiger partial charge in [-0.25, -0.2) is 4.79 Å². The highest BCUT2D eigenvalue weighted by Crippen LogP contribution is 2.27. The third-order valence-corrected chi connectivity index (χ3v) is 5.09. The quantitative estimate of drug-likeness (QED) is 0.611. The molecule has 6 heteroatoms. The lowest BCUT2D eigenvalue weighted by atomic mass is 10.0. The van der Waals surface area contributed by atoms with E-state index < -0.39 is 18.5 Å². The summed E-state index contributed by atoms with van der Waals surface area (Å²) in [6, 6.07) is 23.9. The smallest absolute Gasteiger partial charge is 0.338 e. The third-order valence-electron chi connectivity index (χ3n) is 5.09. The average molecular weight is 414 g/mol. The monoisotopic (exact) mass is 414 g/mol. The van der Waals surface area contributed by atoms with E-state index in [1.165, 1.54) is 0 Å². The van der Waals surface area contributed by atoms with Gasteiger partial charge in [0.15, 0.2) is 6.61 Å². The van der Waals surface area contributed by atoms with E-state index >= 15 is 0 Å². The van der Waals surface area contributed by atoms with Gasteiger partial charge in [-0.15, -0.1) is 0 Å². The molecule has 1 heterocycles. The molecule has 6 nitrogen and oxygen atoms in total. The molecular formula is C25H22N2O4. The molecule has 2 amide bonds. The Labute approximate surface area is 180 Å². The zero-order chi connectivity index (χ0) is 21.6. The van der Waals surface area contributed by atoms with Crippen LogP contribution in [-0.2, 0) is 14.3 Å². The van der Waals surface area contributed by atoms with Gasteiger partial charge < -0.3 is 15.0 Å². The van der Waals surface area contributed by atoms with Crippen molar-refractivity contribution in [1.82, 2.24) is 0 Å². The Kier molecular flexibility index (Phi) is 6.08. The fraction of sp³-hybridized carbons (Fsp3) is 0.160. The number of ether oxygens (including phenoxy) is 1. The van der Waals surface area contributed by atoms with Crippen LogP contribution < -0.4 is 10.2 Å². The molecule has 0 spiro atoms. The van der Waals surface area contributed by atoms with E-state index in [0.29, 0.717) is 29.9 Å². The SMILES string of the molecule is O=C(COC(=O)c1cccc(N2CCCC2=O)c1)Nc1ccccc1-c1ccccc1. The second-order valence-corrected chi connectivity index (χ2v) is 7.24. The van der Waals surface area contributed by atoms with Gasteiger partial charge in [-0.2, -0.15) is 0 Å². The van der Waals surface area contributed by atoms with Crippen molar-refractivity contribution < 1.29 is 19.1 Å². The number of hydrogen-bond donors (Lipinski definition) is 1. The van der Waals surface area contributed by atoms with E-state index in [-0.39, 0.29) is 5.91 Å². The molecular weight excluding hydrogens is 392 g/mol. The molecule has 31 heavy (non-hydrogen) atoms. The number of esters is 1. The van der Waals surface area contributed by atoms with Crippen LogP contribution >= 0.6 is 0 Å². The first-order chi connectivity index (χ1) is 15.1. The van der Waals surface area contributed by atoms with Gasteiger partial charge in [0.1, 0.15) is 0 Å². The van der Waals surface area contributed by atoms with E-state index in [2.05, 4.69) is 5.32 Å². The summed E-state index contributed by atoms with van der Waals surface area (Å²) in [5.74, 6) is -0.996. The molecule has 0 atom stereocenters. The fourth-order valence-corrected chi connectivity index (χ4v) is 3.58. The largest absolute Gasteiger partial charge is 0.452 e. The summed E-state index contributed by atoms with van der Waals surface area (Å²) in [5, 5.41) is 2.81. The molecule has 1 aliphatic heterocycles. The first kappa shape index (κ1) is 20.3. The number of amides is 2. The number of hydrogen-bond acceptors (Lipinski definition) is 4. The lowest BCUT2D eigenvalue weighted by Crippen LogP contribution is -2.24. The highest BCUT2D eigenvalue weighted by atomic mass is 16.5. The minimum Gasteiger partial charge on any atom is -0.452 e. The second kappa shape index (κ2) is 9.26. The zero-order valence-corrected chi connectivity index (χ0v) is 16.9. The predicted molar refractivity (Wildman–Crippen MR) is 119 cm³/mol. The van der Waals surface area contributed by atoms with Crippen molar-refractivity contribution in [2.45, 2.75) is 12.8 Å². The molecule has 1 aliphatic rings. The van der Waals surface area contributed by atoms with Crippen LogP contribution in [0.3, 0.4) is 0 Å². The Morgan fingerprint density at radius 1 is 0.935 bits per heavy atom. The zero-order valence-electron chi connectivity index (χ0n) is 16.9. The molecule has 3 aromatic rings. The van der Waals surface area contributed by atoms with Crippen molar-refractivity contribution in [2.75, 3.05) is 23.4 Å². The third kappa shape index (κ3) is 4.80. The molecule has 0 aromatic heterocycles. The van der Waals surface area contributed by atoms with Gasteiger partial charge in [-0.05, 0) is 36.2 Å². The average Bonchev–Trinajstić information content (AvgIpc) is 3.24. The fourth-order valence-electron chi connectivity index (χ4n) is 3.58. The normalized spacial score (nSPS) is 13.2. The Morgan fingerprint density at radius 3 is 2.48 bits per heavy atom. The summed E-state index contributed by atoms with van der Waals surface area (Å²) in [7, 11) is 0. The Bertz CT molecular complexity index is 1110. The van der Waals surface area contributed by atoms with E-state index in [1.807, 2.05) is 48.5 Å². The maximum absolute atomic E-state index is 12.4. The molecule has 1 N–H and O–H groups in total. The summed E-state index contributed by atoms with van der Waals surface area (Å²) in [5.41, 5.74) is 3.46. The summed E-state index contributed by atoms with van der Waals surface area (Å²) in [6.45, 7) is 0.232. The van der Waals surface area contributed by atoms with Crippen LogP contribution in [0.25, 0.3) is 11.1 Å². The molecule has 0 unspecified atom stereocenters. The number of para-hydroxylation sites is 1. The van der Waals surface area contributed by atoms with Crippen molar-refractivity contribution >= 4 is 29.2 Å². The number of rotatable bonds is 6. The first-order valence-corrected chi connectivity index (χ1v) is 10.1. The van der Waals surface area contributed by atoms with Gasteiger partial charge in [0.2, 0.25) is 5.91 Å². The number of carbonyl (C=O) groups is 3. The van der Waals surface area contributed by atoms with Crippen LogP contribution in [0.5, 0.6) is 0 Å². The lowest BCUT2D eigenvalue weighted by molar-refractivity contribution is -0.119. The molecule has 4 rings (SSSR count). The van der Waals surface area contributed by atoms with Crippen molar-refractivity contribution in [1.29, 1.82) is 0 Å². The van der Waals surface area contributed by atoms with Gasteiger partial charge in [0, 0.05) is 29.9 Å². The van der Waals surface area contributed by atoms with Crippen LogP contribution in [0.15, 0.2) is 78.9 Å². The molecule has 156 valence electrons. The maximum atomic E-state index is 12.4. The van der Waals surface area contributed by atoms with Crippen molar-refractivity contribution in [2.24, 2.45) is 0 Å². The van der Waals surface area contributed by atoms with E-state index in [4.69, 9.17) is 4.74 Å². The summed E-state index contributed by atoms with van der Waals surface area (Å²) >= 11 is 0. The van der Waals surface area contributed by atoms with Gasteiger partial charge in [0.25, 0.3) is 5.91 Å². The van der Waals surface area contributed by atoms with Crippen LogP contribution in [0.2, 0.25) is 0 Å². The van der Waals surface area contributed by atoms with Gasteiger partial charge >= 0.3 is 5.97 Å². The highest BCUT2D eigenvalue weighted by Gasteiger charge is 2.22. The van der Waals surface area contributed by atoms with Crippen LogP contribution in [0.4, 0.5) is 11.4 Å². The van der Waals surface area contributed by atoms with Crippen LogP contribution in [0.1, 0.15) is 23.2 Å². The Hall–Kier alpha value is -3.93. The molecule has 0 bridgehead atoms. The summed E-state index contributed by atoms with van der Waals surface area (Å²) < 4.78 is 5.20. The first-order valence-electron chi connectivity index (χ1n) is 10.1. The van der Waals surface area contributed by atoms with Crippen molar-refractivity contribution in [3.63, 3.8) is 0 Å². The maximum Gasteiger partial charge on any atom is 0.338 e. The van der Waals surface area contributed by atoms with E-state index in [0.717, 1.165) is 17.5 Å². The van der Waals surface area contributed by atoms with E-state index in [9.17, 15) is 14.4 Å². The van der Waals surface area contributed by atoms with Crippen LogP contribution in [-0.4, -0.2) is 30.9 Å². The molecule has 1 saturated heterocycles. The summed E-state index contributed by atoms with van der Waals surface area (Å²) in [6.07, 6.45) is 1.32. The topological polar surface area (TPSA) is 75.7 Å². The molecule has 0 saturated carbocycles. The van der Waals surface area contributed by atoms with Gasteiger partial charge in [-0.1, -0.05) is 54.6 Å². The van der Waals surface area contributed by atoms with Gasteiger partial charge in [-0.3, -0.25) is 9.59 Å². The number of anilines is 2. The second-order valence-electron chi connectivity index (χ2n) is 7.24. The number of nitrogens with one attached hydrogen (secondary N) is 1. The molecule has 0 aliphatic carbocycles. The molecule has 1 fully saturated rings. The highest BCUT2D eigenvalue weighted by molar-refractivity contribution is 5.99. The summed E-state index contributed by atoms with van der Waals surface area (Å²) in [4.78, 5) is 38.4. The predicted octanol–water partition coefficient (Wildman–Crippen LogP) is 4.28. The van der Waals surface area contributed by atoms with Gasteiger partial charge in [0.05, 0.1) is 5.56 Å². The number of benzene rings is 3. The van der Waals surface area contributed by atoms with Crippen molar-refractivity contribution in [3.05, 3.63) is 84.4 Å². The number of nitrogens with zero attached hydrogens (tertiary/aromatic N) is 1. The standard InChI is InChI=1S/C25H22N2O4/c28-23(26-22-13-5-4-12-21(22)18-8-2-1-3-9-18)17-31-25(30)19-10-6-11-20(16-19)27-15-7-14-24(27)29/h1-6,8-13,16H,7,14-15,17H2,(H,26,28). The molecule has 3 aromatic carbocycles. The van der Waals surface area contributed by atoms with Crippen LogP contribution in [0, 0.1) is 0 Å². The minimum absolute atomic E-state index is 0.0435. The molecule has 0 radical (unpaired) electrons. The minimum atomic E-state index is -0.611. The Balaban J connectivity index is 1.39. The Morgan fingerprint density at radius 2 is 1.71 bits per heavy atom.